The molecule has 3 heteroatoms. The number of phenols is 1. The molecule has 1 aliphatic rings. The number of rotatable bonds is 4. The molecule has 0 spiro atoms. The highest BCUT2D eigenvalue weighted by molar-refractivity contribution is 5.30. The van der Waals surface area contributed by atoms with Crippen molar-refractivity contribution < 1.29 is 9.84 Å². The van der Waals surface area contributed by atoms with Crippen molar-refractivity contribution >= 4 is 0 Å². The van der Waals surface area contributed by atoms with Gasteiger partial charge in [-0.1, -0.05) is 26.0 Å². The molecule has 3 atom stereocenters. The molecule has 0 aromatic heterocycles. The SMILES string of the molecule is COCCN1CC[C@H](C)[C@@H](C)C1c1cccc(O)c1. The van der Waals surface area contributed by atoms with Gasteiger partial charge in [0.2, 0.25) is 0 Å². The van der Waals surface area contributed by atoms with E-state index in [9.17, 15) is 5.11 Å². The summed E-state index contributed by atoms with van der Waals surface area (Å²) in [5.74, 6) is 1.66. The van der Waals surface area contributed by atoms with Gasteiger partial charge >= 0.3 is 0 Å². The van der Waals surface area contributed by atoms with Crippen molar-refractivity contribution in [1.82, 2.24) is 4.90 Å². The molecular weight excluding hydrogens is 238 g/mol. The van der Waals surface area contributed by atoms with Crippen molar-refractivity contribution in [3.63, 3.8) is 0 Å². The van der Waals surface area contributed by atoms with Gasteiger partial charge in [0, 0.05) is 19.7 Å². The van der Waals surface area contributed by atoms with Gasteiger partial charge in [-0.15, -0.1) is 0 Å². The highest BCUT2D eigenvalue weighted by Crippen LogP contribution is 2.39. The molecule has 2 rings (SSSR count). The zero-order valence-electron chi connectivity index (χ0n) is 12.2. The summed E-state index contributed by atoms with van der Waals surface area (Å²) in [5, 5.41) is 9.71. The summed E-state index contributed by atoms with van der Waals surface area (Å²) in [6.07, 6.45) is 1.24. The van der Waals surface area contributed by atoms with Gasteiger partial charge in [-0.25, -0.2) is 0 Å². The van der Waals surface area contributed by atoms with E-state index < -0.39 is 0 Å². The third-order valence-electron chi connectivity index (χ3n) is 4.46. The number of nitrogens with zero attached hydrogens (tertiary/aromatic N) is 1. The molecule has 1 N–H and O–H groups in total. The first-order valence-electron chi connectivity index (χ1n) is 7.15. The fourth-order valence-corrected chi connectivity index (χ4v) is 3.10. The van der Waals surface area contributed by atoms with E-state index in [0.29, 0.717) is 23.6 Å². The van der Waals surface area contributed by atoms with Crippen LogP contribution in [-0.2, 0) is 4.74 Å². The monoisotopic (exact) mass is 263 g/mol. The summed E-state index contributed by atoms with van der Waals surface area (Å²) >= 11 is 0. The van der Waals surface area contributed by atoms with Crippen LogP contribution in [0, 0.1) is 11.8 Å². The Morgan fingerprint density at radius 2 is 2.16 bits per heavy atom. The number of likely N-dealkylation sites (tertiary alicyclic amines) is 1. The van der Waals surface area contributed by atoms with Crippen molar-refractivity contribution in [2.75, 3.05) is 26.8 Å². The van der Waals surface area contributed by atoms with E-state index in [-0.39, 0.29) is 0 Å². The Morgan fingerprint density at radius 1 is 1.37 bits per heavy atom. The zero-order chi connectivity index (χ0) is 13.8. The first-order valence-corrected chi connectivity index (χ1v) is 7.15. The molecule has 1 fully saturated rings. The van der Waals surface area contributed by atoms with Crippen LogP contribution in [0.25, 0.3) is 0 Å². The van der Waals surface area contributed by atoms with Gasteiger partial charge in [0.1, 0.15) is 5.75 Å². The molecule has 1 aromatic rings. The van der Waals surface area contributed by atoms with Gasteiger partial charge < -0.3 is 9.84 Å². The molecule has 1 saturated heterocycles. The number of phenolic OH excluding ortho intramolecular Hbond substituents is 1. The molecule has 0 amide bonds. The Bertz CT molecular complexity index is 405. The lowest BCUT2D eigenvalue weighted by molar-refractivity contribution is 0.0404. The van der Waals surface area contributed by atoms with Crippen molar-refractivity contribution in [3.05, 3.63) is 29.8 Å². The lowest BCUT2D eigenvalue weighted by Crippen LogP contribution is -2.43. The minimum absolute atomic E-state index is 0.356. The minimum atomic E-state index is 0.356. The third kappa shape index (κ3) is 3.28. The standard InChI is InChI=1S/C16H25NO2/c1-12-7-8-17(9-10-19-3)16(13(12)2)14-5-4-6-15(18)11-14/h4-6,11-13,16,18H,7-10H2,1-3H3/t12-,13+,16?/m0/s1. The van der Waals surface area contributed by atoms with Crippen LogP contribution in [0.3, 0.4) is 0 Å². The second-order valence-electron chi connectivity index (χ2n) is 5.69. The first-order chi connectivity index (χ1) is 9.13. The topological polar surface area (TPSA) is 32.7 Å². The Morgan fingerprint density at radius 3 is 2.84 bits per heavy atom. The third-order valence-corrected chi connectivity index (χ3v) is 4.46. The minimum Gasteiger partial charge on any atom is -0.508 e. The number of methoxy groups -OCH3 is 1. The maximum atomic E-state index is 9.71. The van der Waals surface area contributed by atoms with Crippen molar-refractivity contribution in [3.8, 4) is 5.75 Å². The second kappa shape index (κ2) is 6.40. The number of piperidine rings is 1. The molecule has 0 saturated carbocycles. The lowest BCUT2D eigenvalue weighted by Gasteiger charge is -2.43. The molecule has 1 aromatic carbocycles. The van der Waals surface area contributed by atoms with Crippen LogP contribution in [0.4, 0.5) is 0 Å². The van der Waals surface area contributed by atoms with Crippen LogP contribution in [0.2, 0.25) is 0 Å². The zero-order valence-corrected chi connectivity index (χ0v) is 12.2. The lowest BCUT2D eigenvalue weighted by atomic mass is 9.79. The van der Waals surface area contributed by atoms with Crippen LogP contribution < -0.4 is 0 Å². The Balaban J connectivity index is 2.23. The quantitative estimate of drug-likeness (QED) is 0.906. The predicted molar refractivity (Wildman–Crippen MR) is 77.2 cm³/mol. The van der Waals surface area contributed by atoms with Crippen LogP contribution in [-0.4, -0.2) is 36.8 Å². The van der Waals surface area contributed by atoms with Gasteiger partial charge in [0.25, 0.3) is 0 Å². The van der Waals surface area contributed by atoms with Crippen molar-refractivity contribution in [2.24, 2.45) is 11.8 Å². The molecule has 1 heterocycles. The van der Waals surface area contributed by atoms with E-state index in [1.165, 1.54) is 12.0 Å². The van der Waals surface area contributed by atoms with Crippen LogP contribution in [0.5, 0.6) is 5.75 Å². The summed E-state index contributed by atoms with van der Waals surface area (Å²) in [4.78, 5) is 2.49. The summed E-state index contributed by atoms with van der Waals surface area (Å²) in [6.45, 7) is 7.46. The smallest absolute Gasteiger partial charge is 0.115 e. The largest absolute Gasteiger partial charge is 0.508 e. The van der Waals surface area contributed by atoms with Crippen LogP contribution in [0.1, 0.15) is 31.9 Å². The molecule has 1 aliphatic heterocycles. The molecule has 19 heavy (non-hydrogen) atoms. The average molecular weight is 263 g/mol. The number of ether oxygens (including phenoxy) is 1. The number of benzene rings is 1. The van der Waals surface area contributed by atoms with E-state index in [1.807, 2.05) is 12.1 Å². The average Bonchev–Trinajstić information content (AvgIpc) is 2.40. The molecule has 106 valence electrons. The summed E-state index contributed by atoms with van der Waals surface area (Å²) < 4.78 is 5.22. The van der Waals surface area contributed by atoms with Gasteiger partial charge in [-0.05, 0) is 42.5 Å². The Labute approximate surface area is 116 Å². The summed E-state index contributed by atoms with van der Waals surface area (Å²) in [5.41, 5.74) is 1.22. The van der Waals surface area contributed by atoms with E-state index in [1.54, 1.807) is 13.2 Å². The van der Waals surface area contributed by atoms with Crippen LogP contribution in [0.15, 0.2) is 24.3 Å². The van der Waals surface area contributed by atoms with Gasteiger partial charge in [-0.2, -0.15) is 0 Å². The fraction of sp³-hybridized carbons (Fsp3) is 0.625. The highest BCUT2D eigenvalue weighted by atomic mass is 16.5. The van der Waals surface area contributed by atoms with E-state index in [4.69, 9.17) is 4.74 Å². The molecule has 1 unspecified atom stereocenters. The van der Waals surface area contributed by atoms with E-state index in [2.05, 4.69) is 24.8 Å². The Hall–Kier alpha value is -1.06. The Kier molecular flexibility index (Phi) is 4.83. The van der Waals surface area contributed by atoms with E-state index in [0.717, 1.165) is 19.7 Å². The van der Waals surface area contributed by atoms with Gasteiger partial charge in [0.15, 0.2) is 0 Å². The molecule has 3 nitrogen and oxygen atoms in total. The molecular formula is C16H25NO2. The molecule has 0 aliphatic carbocycles. The molecule has 0 radical (unpaired) electrons. The van der Waals surface area contributed by atoms with Crippen molar-refractivity contribution in [2.45, 2.75) is 26.3 Å². The van der Waals surface area contributed by atoms with Crippen LogP contribution >= 0.6 is 0 Å². The predicted octanol–water partition coefficient (Wildman–Crippen LogP) is 3.06. The van der Waals surface area contributed by atoms with Crippen molar-refractivity contribution in [1.29, 1.82) is 0 Å². The number of hydrogen-bond donors (Lipinski definition) is 1. The summed E-state index contributed by atoms with van der Waals surface area (Å²) in [7, 11) is 1.75. The second-order valence-corrected chi connectivity index (χ2v) is 5.69. The van der Waals surface area contributed by atoms with Gasteiger partial charge in [0.05, 0.1) is 6.61 Å². The highest BCUT2D eigenvalue weighted by Gasteiger charge is 2.33. The summed E-state index contributed by atoms with van der Waals surface area (Å²) in [6, 6.07) is 8.08. The first kappa shape index (κ1) is 14.4. The van der Waals surface area contributed by atoms with E-state index >= 15 is 0 Å². The van der Waals surface area contributed by atoms with Gasteiger partial charge in [-0.3, -0.25) is 4.90 Å². The fourth-order valence-electron chi connectivity index (χ4n) is 3.10. The normalized spacial score (nSPS) is 28.5. The number of hydrogen-bond acceptors (Lipinski definition) is 3. The maximum absolute atomic E-state index is 9.71. The number of aromatic hydroxyl groups is 1. The molecule has 0 bridgehead atoms. The maximum Gasteiger partial charge on any atom is 0.115 e.